The molecule has 22 heavy (non-hydrogen) atoms. The van der Waals surface area contributed by atoms with Crippen LogP contribution in [-0.2, 0) is 14.9 Å². The highest BCUT2D eigenvalue weighted by Crippen LogP contribution is 2.24. The minimum absolute atomic E-state index is 0.194. The molecule has 0 aromatic heterocycles. The molecule has 2 aromatic rings. The fourth-order valence-electron chi connectivity index (χ4n) is 2.19. The molecular formula is C16H16NO4S-. The van der Waals surface area contributed by atoms with Crippen molar-refractivity contribution in [1.82, 2.24) is 5.32 Å². The van der Waals surface area contributed by atoms with Gasteiger partial charge in [-0.15, -0.1) is 0 Å². The largest absolute Gasteiger partial charge is 0.748 e. The quantitative estimate of drug-likeness (QED) is 0.817. The van der Waals surface area contributed by atoms with Crippen molar-refractivity contribution >= 4 is 16.0 Å². The molecule has 2 aromatic carbocycles. The molecule has 0 radical (unpaired) electrons. The van der Waals surface area contributed by atoms with E-state index in [1.165, 1.54) is 0 Å². The zero-order valence-electron chi connectivity index (χ0n) is 11.8. The SMILES string of the molecule is O=C(NCCS(=O)(=O)[O-])C(c1ccccc1)c1ccccc1. The number of hydrogen-bond donors (Lipinski definition) is 1. The van der Waals surface area contributed by atoms with Gasteiger partial charge >= 0.3 is 0 Å². The van der Waals surface area contributed by atoms with Crippen LogP contribution in [0.15, 0.2) is 60.7 Å². The van der Waals surface area contributed by atoms with Crippen molar-refractivity contribution in [2.75, 3.05) is 12.3 Å². The highest BCUT2D eigenvalue weighted by Gasteiger charge is 2.22. The van der Waals surface area contributed by atoms with E-state index in [1.54, 1.807) is 0 Å². The van der Waals surface area contributed by atoms with E-state index < -0.39 is 21.8 Å². The van der Waals surface area contributed by atoms with Crippen LogP contribution in [0.5, 0.6) is 0 Å². The van der Waals surface area contributed by atoms with Gasteiger partial charge in [0, 0.05) is 6.54 Å². The van der Waals surface area contributed by atoms with E-state index in [9.17, 15) is 17.8 Å². The summed E-state index contributed by atoms with van der Waals surface area (Å²) in [4.78, 5) is 12.4. The predicted octanol–water partition coefficient (Wildman–Crippen LogP) is 1.48. The molecule has 0 aliphatic heterocycles. The maximum Gasteiger partial charge on any atom is 0.232 e. The number of nitrogens with one attached hydrogen (secondary N) is 1. The summed E-state index contributed by atoms with van der Waals surface area (Å²) in [5.74, 6) is -1.49. The molecule has 0 unspecified atom stereocenters. The van der Waals surface area contributed by atoms with E-state index in [-0.39, 0.29) is 12.5 Å². The molecule has 0 fully saturated rings. The number of amides is 1. The van der Waals surface area contributed by atoms with E-state index in [1.807, 2.05) is 60.7 Å². The summed E-state index contributed by atoms with van der Waals surface area (Å²) in [6.45, 7) is -0.194. The average molecular weight is 318 g/mol. The van der Waals surface area contributed by atoms with Gasteiger partial charge in [-0.05, 0) is 11.1 Å². The lowest BCUT2D eigenvalue weighted by atomic mass is 9.90. The summed E-state index contributed by atoms with van der Waals surface area (Å²) in [6.07, 6.45) is 0. The first-order valence-electron chi connectivity index (χ1n) is 6.78. The molecule has 0 bridgehead atoms. The van der Waals surface area contributed by atoms with Gasteiger partial charge in [0.2, 0.25) is 5.91 Å². The number of rotatable bonds is 6. The Morgan fingerprint density at radius 1 is 0.955 bits per heavy atom. The van der Waals surface area contributed by atoms with Gasteiger partial charge in [0.05, 0.1) is 21.8 Å². The monoisotopic (exact) mass is 318 g/mol. The molecule has 0 saturated carbocycles. The molecule has 0 saturated heterocycles. The predicted molar refractivity (Wildman–Crippen MR) is 82.3 cm³/mol. The van der Waals surface area contributed by atoms with Crippen LogP contribution in [0.2, 0.25) is 0 Å². The highest BCUT2D eigenvalue weighted by atomic mass is 32.2. The minimum Gasteiger partial charge on any atom is -0.748 e. The van der Waals surface area contributed by atoms with Gasteiger partial charge in [-0.25, -0.2) is 8.42 Å². The molecule has 6 heteroatoms. The Hall–Kier alpha value is -2.18. The minimum atomic E-state index is -4.34. The Labute approximate surface area is 129 Å². The topological polar surface area (TPSA) is 86.3 Å². The Bertz CT molecular complexity index is 675. The molecule has 0 aliphatic carbocycles. The number of hydrogen-bond acceptors (Lipinski definition) is 4. The lowest BCUT2D eigenvalue weighted by Gasteiger charge is -2.18. The van der Waals surface area contributed by atoms with Crippen molar-refractivity contribution < 1.29 is 17.8 Å². The van der Waals surface area contributed by atoms with E-state index >= 15 is 0 Å². The van der Waals surface area contributed by atoms with Gasteiger partial charge in [0.15, 0.2) is 0 Å². The zero-order chi connectivity index (χ0) is 16.0. The molecular weight excluding hydrogens is 302 g/mol. The Kier molecular flexibility index (Phi) is 5.30. The molecule has 0 aliphatic rings. The van der Waals surface area contributed by atoms with Crippen LogP contribution in [0.1, 0.15) is 17.0 Å². The van der Waals surface area contributed by atoms with E-state index in [0.29, 0.717) is 0 Å². The molecule has 116 valence electrons. The highest BCUT2D eigenvalue weighted by molar-refractivity contribution is 7.85. The van der Waals surface area contributed by atoms with Crippen LogP contribution in [-0.4, -0.2) is 31.2 Å². The van der Waals surface area contributed by atoms with Crippen molar-refractivity contribution in [2.45, 2.75) is 5.92 Å². The van der Waals surface area contributed by atoms with Crippen molar-refractivity contribution in [1.29, 1.82) is 0 Å². The molecule has 0 atom stereocenters. The van der Waals surface area contributed by atoms with Crippen LogP contribution in [0.3, 0.4) is 0 Å². The molecule has 0 spiro atoms. The van der Waals surface area contributed by atoms with Gasteiger partial charge in [0.1, 0.15) is 0 Å². The lowest BCUT2D eigenvalue weighted by Crippen LogP contribution is -2.33. The summed E-state index contributed by atoms with van der Waals surface area (Å²) >= 11 is 0. The molecule has 1 N–H and O–H groups in total. The fourth-order valence-corrected chi connectivity index (χ4v) is 2.54. The smallest absolute Gasteiger partial charge is 0.232 e. The number of benzene rings is 2. The maximum atomic E-state index is 12.4. The van der Waals surface area contributed by atoms with E-state index in [0.717, 1.165) is 11.1 Å². The molecule has 0 heterocycles. The molecule has 1 amide bonds. The number of carbonyl (C=O) groups is 1. The second-order valence-electron chi connectivity index (χ2n) is 4.81. The first kappa shape index (κ1) is 16.2. The van der Waals surface area contributed by atoms with E-state index in [4.69, 9.17) is 0 Å². The third-order valence-corrected chi connectivity index (χ3v) is 3.88. The van der Waals surface area contributed by atoms with Crippen molar-refractivity contribution in [2.24, 2.45) is 0 Å². The summed E-state index contributed by atoms with van der Waals surface area (Å²) in [5.41, 5.74) is 1.60. The Morgan fingerprint density at radius 3 is 1.82 bits per heavy atom. The van der Waals surface area contributed by atoms with Gasteiger partial charge in [-0.2, -0.15) is 0 Å². The van der Waals surface area contributed by atoms with E-state index in [2.05, 4.69) is 5.32 Å². The second kappa shape index (κ2) is 7.20. The van der Waals surface area contributed by atoms with Gasteiger partial charge in [-0.3, -0.25) is 4.79 Å². The maximum absolute atomic E-state index is 12.4. The fraction of sp³-hybridized carbons (Fsp3) is 0.188. The van der Waals surface area contributed by atoms with Crippen molar-refractivity contribution in [3.8, 4) is 0 Å². The van der Waals surface area contributed by atoms with Crippen molar-refractivity contribution in [3.05, 3.63) is 71.8 Å². The van der Waals surface area contributed by atoms with Crippen LogP contribution in [0.25, 0.3) is 0 Å². The summed E-state index contributed by atoms with van der Waals surface area (Å²) in [7, 11) is -4.34. The van der Waals surface area contributed by atoms with Crippen molar-refractivity contribution in [3.63, 3.8) is 0 Å². The normalized spacial score (nSPS) is 11.4. The standard InChI is InChI=1S/C16H17NO4S/c18-16(17-11-12-22(19,20)21)15(13-7-3-1-4-8-13)14-9-5-2-6-10-14/h1-10,15H,11-12H2,(H,17,18)(H,19,20,21)/p-1. The lowest BCUT2D eigenvalue weighted by molar-refractivity contribution is -0.121. The Balaban J connectivity index is 2.20. The molecule has 2 rings (SSSR count). The van der Waals surface area contributed by atoms with Crippen LogP contribution in [0, 0.1) is 0 Å². The van der Waals surface area contributed by atoms with Crippen LogP contribution in [0.4, 0.5) is 0 Å². The van der Waals surface area contributed by atoms with Gasteiger partial charge in [-0.1, -0.05) is 60.7 Å². The number of carbonyl (C=O) groups excluding carboxylic acids is 1. The third-order valence-electron chi connectivity index (χ3n) is 3.18. The first-order chi connectivity index (χ1) is 10.5. The van der Waals surface area contributed by atoms with Gasteiger partial charge in [0.25, 0.3) is 0 Å². The summed E-state index contributed by atoms with van der Waals surface area (Å²) in [5, 5.41) is 2.52. The van der Waals surface area contributed by atoms with Crippen LogP contribution >= 0.6 is 0 Å². The summed E-state index contributed by atoms with van der Waals surface area (Å²) < 4.78 is 31.8. The van der Waals surface area contributed by atoms with Gasteiger partial charge < -0.3 is 9.87 Å². The first-order valence-corrected chi connectivity index (χ1v) is 8.36. The Morgan fingerprint density at radius 2 is 1.41 bits per heavy atom. The second-order valence-corrected chi connectivity index (χ2v) is 6.33. The summed E-state index contributed by atoms with van der Waals surface area (Å²) in [6, 6.07) is 18.4. The van der Waals surface area contributed by atoms with Crippen LogP contribution < -0.4 is 5.32 Å². The molecule has 5 nitrogen and oxygen atoms in total. The zero-order valence-corrected chi connectivity index (χ0v) is 12.6. The third kappa shape index (κ3) is 4.68. The average Bonchev–Trinajstić information content (AvgIpc) is 2.48.